The highest BCUT2D eigenvalue weighted by Gasteiger charge is 2.13. The van der Waals surface area contributed by atoms with E-state index < -0.39 is 9.84 Å². The van der Waals surface area contributed by atoms with E-state index in [-0.39, 0.29) is 10.9 Å². The summed E-state index contributed by atoms with van der Waals surface area (Å²) in [5.74, 6) is 0.400. The maximum absolute atomic E-state index is 11.8. The largest absolute Gasteiger partial charge is 0.324 e. The van der Waals surface area contributed by atoms with Crippen molar-refractivity contribution in [3.05, 3.63) is 48.8 Å². The van der Waals surface area contributed by atoms with Gasteiger partial charge in [-0.1, -0.05) is 18.2 Å². The Balaban J connectivity index is 1.82. The molecule has 0 saturated heterocycles. The third kappa shape index (κ3) is 3.23. The minimum absolute atomic E-state index is 0.200. The molecule has 2 aromatic heterocycles. The maximum Gasteiger partial charge on any atom is 0.227 e. The SMILES string of the molecule is CC(C)n1ncc2ccc3cnc(Nc4cccc(S(C)(=O)=O)c4)nc3c21. The van der Waals surface area contributed by atoms with Crippen LogP contribution >= 0.6 is 0 Å². The Morgan fingerprint density at radius 3 is 2.59 bits per heavy atom. The number of hydrogen-bond acceptors (Lipinski definition) is 6. The minimum Gasteiger partial charge on any atom is -0.324 e. The average Bonchev–Trinajstić information content (AvgIpc) is 3.06. The van der Waals surface area contributed by atoms with Crippen molar-refractivity contribution in [1.29, 1.82) is 0 Å². The van der Waals surface area contributed by atoms with E-state index in [9.17, 15) is 8.42 Å². The van der Waals surface area contributed by atoms with E-state index in [0.717, 1.165) is 21.8 Å². The van der Waals surface area contributed by atoms with Crippen molar-refractivity contribution >= 4 is 43.3 Å². The summed E-state index contributed by atoms with van der Waals surface area (Å²) in [6, 6.07) is 10.8. The Hall–Kier alpha value is -3.00. The molecule has 0 unspecified atom stereocenters. The molecule has 1 N–H and O–H groups in total. The van der Waals surface area contributed by atoms with Gasteiger partial charge in [0.2, 0.25) is 5.95 Å². The number of anilines is 2. The van der Waals surface area contributed by atoms with Crippen LogP contribution < -0.4 is 5.32 Å². The Labute approximate surface area is 157 Å². The summed E-state index contributed by atoms with van der Waals surface area (Å²) < 4.78 is 25.5. The summed E-state index contributed by atoms with van der Waals surface area (Å²) in [6.45, 7) is 4.14. The number of aromatic nitrogens is 4. The zero-order valence-electron chi connectivity index (χ0n) is 15.2. The molecule has 2 aromatic carbocycles. The Bertz CT molecular complexity index is 1260. The molecule has 0 spiro atoms. The number of fused-ring (bicyclic) bond motifs is 3. The third-order valence-corrected chi connectivity index (χ3v) is 5.43. The van der Waals surface area contributed by atoms with Crippen LogP contribution in [0.25, 0.3) is 21.8 Å². The second-order valence-corrected chi connectivity index (χ2v) is 8.76. The molecule has 2 heterocycles. The van der Waals surface area contributed by atoms with Crippen molar-refractivity contribution in [1.82, 2.24) is 19.7 Å². The van der Waals surface area contributed by atoms with E-state index in [4.69, 9.17) is 0 Å². The van der Waals surface area contributed by atoms with Crippen molar-refractivity contribution in [2.75, 3.05) is 11.6 Å². The number of hydrogen-bond donors (Lipinski definition) is 1. The summed E-state index contributed by atoms with van der Waals surface area (Å²) in [6.07, 6.45) is 4.77. The quantitative estimate of drug-likeness (QED) is 0.580. The Morgan fingerprint density at radius 1 is 1.07 bits per heavy atom. The summed E-state index contributed by atoms with van der Waals surface area (Å²) in [7, 11) is -3.28. The van der Waals surface area contributed by atoms with Gasteiger partial charge in [0.15, 0.2) is 9.84 Å². The molecular formula is C19H19N5O2S. The molecule has 0 radical (unpaired) electrons. The molecule has 4 rings (SSSR count). The van der Waals surface area contributed by atoms with E-state index in [0.29, 0.717) is 11.6 Å². The molecule has 0 amide bonds. The smallest absolute Gasteiger partial charge is 0.227 e. The first-order valence-electron chi connectivity index (χ1n) is 8.53. The van der Waals surface area contributed by atoms with Gasteiger partial charge in [0, 0.05) is 35.0 Å². The molecule has 138 valence electrons. The molecule has 0 saturated carbocycles. The van der Waals surface area contributed by atoms with Gasteiger partial charge in [-0.3, -0.25) is 4.68 Å². The average molecular weight is 381 g/mol. The van der Waals surface area contributed by atoms with Crippen LogP contribution in [0, 0.1) is 0 Å². The lowest BCUT2D eigenvalue weighted by molar-refractivity contribution is 0.552. The van der Waals surface area contributed by atoms with Gasteiger partial charge < -0.3 is 5.32 Å². The number of sulfone groups is 1. The fourth-order valence-corrected chi connectivity index (χ4v) is 3.68. The van der Waals surface area contributed by atoms with Gasteiger partial charge in [-0.05, 0) is 32.0 Å². The summed E-state index contributed by atoms with van der Waals surface area (Å²) in [5.41, 5.74) is 2.37. The second-order valence-electron chi connectivity index (χ2n) is 6.74. The lowest BCUT2D eigenvalue weighted by Crippen LogP contribution is -2.04. The molecule has 0 atom stereocenters. The standard InChI is InChI=1S/C19H19N5O2S/c1-12(2)24-18-14(11-21-24)8-7-13-10-20-19(23-17(13)18)22-15-5-4-6-16(9-15)27(3,25)26/h4-12H,1-3H3,(H,20,22,23). The molecule has 0 aliphatic carbocycles. The molecule has 0 aliphatic heterocycles. The van der Waals surface area contributed by atoms with Crippen molar-refractivity contribution in [2.24, 2.45) is 0 Å². The van der Waals surface area contributed by atoms with E-state index in [2.05, 4.69) is 34.2 Å². The number of rotatable bonds is 4. The topological polar surface area (TPSA) is 89.8 Å². The van der Waals surface area contributed by atoms with Gasteiger partial charge >= 0.3 is 0 Å². The van der Waals surface area contributed by atoms with Crippen LogP contribution in [0.5, 0.6) is 0 Å². The Kier molecular flexibility index (Phi) is 4.07. The van der Waals surface area contributed by atoms with Crippen LogP contribution in [-0.4, -0.2) is 34.4 Å². The van der Waals surface area contributed by atoms with E-state index in [1.54, 1.807) is 30.5 Å². The molecular weight excluding hydrogens is 362 g/mol. The van der Waals surface area contributed by atoms with E-state index >= 15 is 0 Å². The van der Waals surface area contributed by atoms with Crippen LogP contribution in [-0.2, 0) is 9.84 Å². The lowest BCUT2D eigenvalue weighted by atomic mass is 10.2. The minimum atomic E-state index is -3.28. The highest BCUT2D eigenvalue weighted by Crippen LogP contribution is 2.27. The first-order chi connectivity index (χ1) is 12.8. The Morgan fingerprint density at radius 2 is 1.85 bits per heavy atom. The summed E-state index contributed by atoms with van der Waals surface area (Å²) in [4.78, 5) is 9.28. The fourth-order valence-electron chi connectivity index (χ4n) is 3.01. The van der Waals surface area contributed by atoms with Crippen LogP contribution in [0.4, 0.5) is 11.6 Å². The van der Waals surface area contributed by atoms with Crippen molar-refractivity contribution in [2.45, 2.75) is 24.8 Å². The third-order valence-electron chi connectivity index (χ3n) is 4.32. The fraction of sp³-hybridized carbons (Fsp3) is 0.211. The van der Waals surface area contributed by atoms with Gasteiger partial charge in [0.1, 0.15) is 5.52 Å². The molecule has 0 aliphatic rings. The monoisotopic (exact) mass is 381 g/mol. The predicted octanol–water partition coefficient (Wildman–Crippen LogP) is 3.71. The zero-order chi connectivity index (χ0) is 19.2. The van der Waals surface area contributed by atoms with Gasteiger partial charge in [-0.2, -0.15) is 5.10 Å². The summed E-state index contributed by atoms with van der Waals surface area (Å²) >= 11 is 0. The highest BCUT2D eigenvalue weighted by molar-refractivity contribution is 7.90. The molecule has 7 nitrogen and oxygen atoms in total. The number of nitrogens with one attached hydrogen (secondary N) is 1. The molecule has 4 aromatic rings. The van der Waals surface area contributed by atoms with Gasteiger partial charge in [-0.25, -0.2) is 18.4 Å². The molecule has 0 fully saturated rings. The van der Waals surface area contributed by atoms with Crippen LogP contribution in [0.2, 0.25) is 0 Å². The van der Waals surface area contributed by atoms with Crippen LogP contribution in [0.15, 0.2) is 53.7 Å². The van der Waals surface area contributed by atoms with Gasteiger partial charge in [-0.15, -0.1) is 0 Å². The van der Waals surface area contributed by atoms with Crippen LogP contribution in [0.3, 0.4) is 0 Å². The highest BCUT2D eigenvalue weighted by atomic mass is 32.2. The van der Waals surface area contributed by atoms with Crippen molar-refractivity contribution in [3.63, 3.8) is 0 Å². The van der Waals surface area contributed by atoms with Gasteiger partial charge in [0.05, 0.1) is 16.6 Å². The zero-order valence-corrected chi connectivity index (χ0v) is 16.0. The normalized spacial score (nSPS) is 12.1. The van der Waals surface area contributed by atoms with E-state index in [1.807, 2.05) is 23.0 Å². The maximum atomic E-state index is 11.8. The van der Waals surface area contributed by atoms with E-state index in [1.165, 1.54) is 6.26 Å². The summed E-state index contributed by atoms with van der Waals surface area (Å²) in [5, 5.41) is 9.49. The first-order valence-corrected chi connectivity index (χ1v) is 10.4. The second kappa shape index (κ2) is 6.31. The number of nitrogens with zero attached hydrogens (tertiary/aromatic N) is 4. The number of benzene rings is 2. The first kappa shape index (κ1) is 17.4. The predicted molar refractivity (Wildman–Crippen MR) is 106 cm³/mol. The lowest BCUT2D eigenvalue weighted by Gasteiger charge is -2.10. The van der Waals surface area contributed by atoms with Crippen molar-refractivity contribution in [3.8, 4) is 0 Å². The van der Waals surface area contributed by atoms with Gasteiger partial charge in [0.25, 0.3) is 0 Å². The van der Waals surface area contributed by atoms with Crippen LogP contribution in [0.1, 0.15) is 19.9 Å². The molecule has 8 heteroatoms. The molecule has 27 heavy (non-hydrogen) atoms. The molecule has 0 bridgehead atoms. The van der Waals surface area contributed by atoms with Crippen molar-refractivity contribution < 1.29 is 8.42 Å².